The van der Waals surface area contributed by atoms with Crippen LogP contribution in [0.2, 0.25) is 0 Å². The first-order valence-electron chi connectivity index (χ1n) is 7.20. The molecule has 1 aromatic carbocycles. The van der Waals surface area contributed by atoms with Crippen LogP contribution in [-0.4, -0.2) is 19.2 Å². The largest absolute Gasteiger partial charge is 0.486 e. The molecule has 0 amide bonds. The van der Waals surface area contributed by atoms with E-state index >= 15 is 0 Å². The number of ether oxygens (including phenoxy) is 1. The van der Waals surface area contributed by atoms with Crippen molar-refractivity contribution in [3.05, 3.63) is 29.3 Å². The number of rotatable bonds is 5. The Kier molecular flexibility index (Phi) is 5.45. The fourth-order valence-corrected chi connectivity index (χ4v) is 2.69. The van der Waals surface area contributed by atoms with Gasteiger partial charge in [0.15, 0.2) is 17.4 Å². The molecule has 118 valence electrons. The lowest BCUT2D eigenvalue weighted by Crippen LogP contribution is -2.39. The molecule has 1 N–H and O–H groups in total. The van der Waals surface area contributed by atoms with Gasteiger partial charge in [-0.3, -0.25) is 0 Å². The number of nitrogens with one attached hydrogen (secondary N) is 1. The Morgan fingerprint density at radius 3 is 2.33 bits per heavy atom. The fourth-order valence-electron chi connectivity index (χ4n) is 2.69. The van der Waals surface area contributed by atoms with E-state index in [2.05, 4.69) is 12.2 Å². The third-order valence-electron chi connectivity index (χ3n) is 3.94. The van der Waals surface area contributed by atoms with Crippen LogP contribution in [-0.2, 0) is 0 Å². The van der Waals surface area contributed by atoms with Gasteiger partial charge in [-0.25, -0.2) is 8.78 Å². The summed E-state index contributed by atoms with van der Waals surface area (Å²) < 4.78 is 57.6. The highest BCUT2D eigenvalue weighted by Gasteiger charge is 2.22. The number of hydrogen-bond acceptors (Lipinski definition) is 2. The van der Waals surface area contributed by atoms with Gasteiger partial charge in [0.25, 0.3) is 0 Å². The third kappa shape index (κ3) is 3.87. The minimum atomic E-state index is -1.50. The van der Waals surface area contributed by atoms with Crippen LogP contribution in [0.4, 0.5) is 17.6 Å². The first-order chi connectivity index (χ1) is 10.0. The first kappa shape index (κ1) is 16.1. The van der Waals surface area contributed by atoms with E-state index in [1.165, 1.54) is 6.42 Å². The van der Waals surface area contributed by atoms with Crippen molar-refractivity contribution in [3.63, 3.8) is 0 Å². The van der Waals surface area contributed by atoms with Gasteiger partial charge < -0.3 is 10.1 Å². The van der Waals surface area contributed by atoms with Gasteiger partial charge >= 0.3 is 0 Å². The molecule has 1 aliphatic rings. The van der Waals surface area contributed by atoms with E-state index in [1.54, 1.807) is 0 Å². The third-order valence-corrected chi connectivity index (χ3v) is 3.94. The summed E-state index contributed by atoms with van der Waals surface area (Å²) in [6.07, 6.45) is 4.57. The molecule has 1 saturated carbocycles. The maximum absolute atomic E-state index is 13.4. The van der Waals surface area contributed by atoms with Crippen LogP contribution in [0.25, 0.3) is 0 Å². The Balaban J connectivity index is 1.86. The molecule has 0 bridgehead atoms. The Morgan fingerprint density at radius 1 is 1.10 bits per heavy atom. The lowest BCUT2D eigenvalue weighted by molar-refractivity contribution is 0.236. The summed E-state index contributed by atoms with van der Waals surface area (Å²) in [5.74, 6) is -6.37. The SMILES string of the molecule is CC1CCCCC1NCCOc1c(F)c(F)cc(F)c1F. The van der Waals surface area contributed by atoms with Gasteiger partial charge in [0.2, 0.25) is 11.6 Å². The minimum Gasteiger partial charge on any atom is -0.486 e. The van der Waals surface area contributed by atoms with E-state index in [-0.39, 0.29) is 12.7 Å². The molecule has 2 rings (SSSR count). The van der Waals surface area contributed by atoms with Gasteiger partial charge in [0.05, 0.1) is 0 Å². The first-order valence-corrected chi connectivity index (χ1v) is 7.20. The Hall–Kier alpha value is -1.30. The average molecular weight is 305 g/mol. The number of halogens is 4. The predicted molar refractivity (Wildman–Crippen MR) is 71.2 cm³/mol. The Morgan fingerprint density at radius 2 is 1.71 bits per heavy atom. The molecule has 21 heavy (non-hydrogen) atoms. The van der Waals surface area contributed by atoms with Crippen LogP contribution >= 0.6 is 0 Å². The van der Waals surface area contributed by atoms with Crippen molar-refractivity contribution in [2.45, 2.75) is 38.6 Å². The maximum atomic E-state index is 13.4. The Bertz CT molecular complexity index is 469. The highest BCUT2D eigenvalue weighted by atomic mass is 19.2. The van der Waals surface area contributed by atoms with E-state index < -0.39 is 29.0 Å². The monoisotopic (exact) mass is 305 g/mol. The van der Waals surface area contributed by atoms with Crippen LogP contribution < -0.4 is 10.1 Å². The van der Waals surface area contributed by atoms with E-state index in [1.807, 2.05) is 0 Å². The van der Waals surface area contributed by atoms with E-state index in [9.17, 15) is 17.6 Å². The van der Waals surface area contributed by atoms with Crippen molar-refractivity contribution in [1.29, 1.82) is 0 Å². The van der Waals surface area contributed by atoms with Gasteiger partial charge in [-0.15, -0.1) is 0 Å². The van der Waals surface area contributed by atoms with Crippen LogP contribution in [0.1, 0.15) is 32.6 Å². The van der Waals surface area contributed by atoms with Gasteiger partial charge in [0, 0.05) is 18.7 Å². The molecule has 6 heteroatoms. The van der Waals surface area contributed by atoms with E-state index in [0.717, 1.165) is 19.3 Å². The molecule has 0 heterocycles. The molecule has 0 spiro atoms. The molecule has 1 aliphatic carbocycles. The molecular formula is C15H19F4NO. The molecular weight excluding hydrogens is 286 g/mol. The van der Waals surface area contributed by atoms with E-state index in [4.69, 9.17) is 4.74 Å². The smallest absolute Gasteiger partial charge is 0.203 e. The van der Waals surface area contributed by atoms with Crippen LogP contribution in [0, 0.1) is 29.2 Å². The number of hydrogen-bond donors (Lipinski definition) is 1. The standard InChI is InChI=1S/C15H19F4NO/c1-9-4-2-3-5-12(9)20-6-7-21-15-13(18)10(16)8-11(17)14(15)19/h8-9,12,20H,2-7H2,1H3. The van der Waals surface area contributed by atoms with Gasteiger partial charge in [0.1, 0.15) is 6.61 Å². The van der Waals surface area contributed by atoms with Crippen LogP contribution in [0.15, 0.2) is 6.07 Å². The molecule has 0 saturated heterocycles. The lowest BCUT2D eigenvalue weighted by atomic mass is 9.86. The van der Waals surface area contributed by atoms with Crippen molar-refractivity contribution in [2.75, 3.05) is 13.2 Å². The molecule has 2 atom stereocenters. The molecule has 0 radical (unpaired) electrons. The van der Waals surface area contributed by atoms with Crippen molar-refractivity contribution < 1.29 is 22.3 Å². The highest BCUT2D eigenvalue weighted by molar-refractivity contribution is 5.28. The second-order valence-corrected chi connectivity index (χ2v) is 5.47. The van der Waals surface area contributed by atoms with Crippen molar-refractivity contribution in [2.24, 2.45) is 5.92 Å². The lowest BCUT2D eigenvalue weighted by Gasteiger charge is -2.29. The van der Waals surface area contributed by atoms with Gasteiger partial charge in [-0.05, 0) is 18.8 Å². The summed E-state index contributed by atoms with van der Waals surface area (Å²) >= 11 is 0. The molecule has 0 aromatic heterocycles. The second-order valence-electron chi connectivity index (χ2n) is 5.47. The summed E-state index contributed by atoms with van der Waals surface area (Å²) in [4.78, 5) is 0. The zero-order valence-electron chi connectivity index (χ0n) is 11.9. The topological polar surface area (TPSA) is 21.3 Å². The molecule has 1 aromatic rings. The van der Waals surface area contributed by atoms with Crippen molar-refractivity contribution in [1.82, 2.24) is 5.32 Å². The minimum absolute atomic E-state index is 0.0556. The Labute approximate surface area is 121 Å². The molecule has 2 nitrogen and oxygen atoms in total. The van der Waals surface area contributed by atoms with Gasteiger partial charge in [-0.2, -0.15) is 8.78 Å². The van der Waals surface area contributed by atoms with E-state index in [0.29, 0.717) is 18.5 Å². The maximum Gasteiger partial charge on any atom is 0.203 e. The fraction of sp³-hybridized carbons (Fsp3) is 0.600. The van der Waals surface area contributed by atoms with Crippen LogP contribution in [0.3, 0.4) is 0 Å². The zero-order valence-corrected chi connectivity index (χ0v) is 11.9. The van der Waals surface area contributed by atoms with Crippen molar-refractivity contribution >= 4 is 0 Å². The van der Waals surface area contributed by atoms with Crippen molar-refractivity contribution in [3.8, 4) is 5.75 Å². The normalized spacial score (nSPS) is 22.3. The summed E-state index contributed by atoms with van der Waals surface area (Å²) in [7, 11) is 0. The predicted octanol–water partition coefficient (Wildman–Crippen LogP) is 3.79. The molecule has 1 fully saturated rings. The number of benzene rings is 1. The summed E-state index contributed by atoms with van der Waals surface area (Å²) in [5.41, 5.74) is 0. The summed E-state index contributed by atoms with van der Waals surface area (Å²) in [5, 5.41) is 3.25. The summed E-state index contributed by atoms with van der Waals surface area (Å²) in [6, 6.07) is 0.515. The highest BCUT2D eigenvalue weighted by Crippen LogP contribution is 2.26. The molecule has 0 aliphatic heterocycles. The summed E-state index contributed by atoms with van der Waals surface area (Å²) in [6.45, 7) is 2.46. The van der Waals surface area contributed by atoms with Crippen LogP contribution in [0.5, 0.6) is 5.75 Å². The van der Waals surface area contributed by atoms with Gasteiger partial charge in [-0.1, -0.05) is 19.8 Å². The molecule has 2 unspecified atom stereocenters. The zero-order chi connectivity index (χ0) is 15.4. The quantitative estimate of drug-likeness (QED) is 0.508. The second kappa shape index (κ2) is 7.11. The average Bonchev–Trinajstić information content (AvgIpc) is 2.46.